The van der Waals surface area contributed by atoms with E-state index in [0.717, 1.165) is 51.0 Å². The number of likely N-dealkylation sites (tertiary alicyclic amines) is 1. The third kappa shape index (κ3) is 3.22. The Kier molecular flexibility index (Phi) is 5.58. The van der Waals surface area contributed by atoms with E-state index in [9.17, 15) is 9.59 Å². The summed E-state index contributed by atoms with van der Waals surface area (Å²) in [5, 5.41) is 10.4. The van der Waals surface area contributed by atoms with Crippen molar-refractivity contribution >= 4 is 24.2 Å². The largest absolute Gasteiger partial charge is 0.364 e. The molecule has 8 heteroatoms. The number of aromatic nitrogens is 2. The minimum Gasteiger partial charge on any atom is -0.364 e. The summed E-state index contributed by atoms with van der Waals surface area (Å²) >= 11 is 0. The molecule has 144 valence electrons. The van der Waals surface area contributed by atoms with Gasteiger partial charge < -0.3 is 16.0 Å². The van der Waals surface area contributed by atoms with E-state index in [1.807, 2.05) is 0 Å². The molecule has 1 saturated carbocycles. The van der Waals surface area contributed by atoms with Gasteiger partial charge in [0.25, 0.3) is 5.91 Å². The standard InChI is InChI=1S/C18H27N5O2.ClH/c19-16(24)15-8-14(21-22-15)12-4-3-7-23(10-12)17(25)18-6-2-1-5-13(18)9-20-11-18;/h8,12-13,20H,1-7,9-11H2,(H2,19,24)(H,21,22);1H/t12?,13-,18+;/m0./s1. The van der Waals surface area contributed by atoms with Crippen molar-refractivity contribution in [3.8, 4) is 0 Å². The monoisotopic (exact) mass is 381 g/mol. The van der Waals surface area contributed by atoms with E-state index in [2.05, 4.69) is 20.4 Å². The molecule has 2 saturated heterocycles. The molecule has 0 radical (unpaired) electrons. The first-order chi connectivity index (χ1) is 12.1. The van der Waals surface area contributed by atoms with E-state index in [0.29, 0.717) is 18.4 Å². The maximum Gasteiger partial charge on any atom is 0.269 e. The van der Waals surface area contributed by atoms with Crippen LogP contribution < -0.4 is 11.1 Å². The average Bonchev–Trinajstić information content (AvgIpc) is 3.29. The first-order valence-corrected chi connectivity index (χ1v) is 9.45. The molecule has 0 spiro atoms. The lowest BCUT2D eigenvalue weighted by Crippen LogP contribution is -2.52. The molecule has 4 rings (SSSR count). The zero-order valence-corrected chi connectivity index (χ0v) is 15.8. The molecule has 26 heavy (non-hydrogen) atoms. The molecule has 3 heterocycles. The number of hydrogen-bond donors (Lipinski definition) is 3. The second kappa shape index (κ2) is 7.56. The van der Waals surface area contributed by atoms with Crippen LogP contribution >= 0.6 is 12.4 Å². The van der Waals surface area contributed by atoms with Crippen molar-refractivity contribution in [3.63, 3.8) is 0 Å². The molecule has 3 fully saturated rings. The summed E-state index contributed by atoms with van der Waals surface area (Å²) in [5.41, 5.74) is 6.28. The Balaban J connectivity index is 0.00000196. The number of halogens is 1. The van der Waals surface area contributed by atoms with Gasteiger partial charge in [-0.15, -0.1) is 12.4 Å². The zero-order valence-electron chi connectivity index (χ0n) is 15.0. The van der Waals surface area contributed by atoms with Crippen LogP contribution in [0.1, 0.15) is 60.6 Å². The molecule has 1 aliphatic carbocycles. The Labute approximate surface area is 159 Å². The van der Waals surface area contributed by atoms with Crippen LogP contribution in [-0.4, -0.2) is 53.1 Å². The van der Waals surface area contributed by atoms with Crippen LogP contribution in [0.25, 0.3) is 0 Å². The number of nitrogens with two attached hydrogens (primary N) is 1. The number of carbonyl (C=O) groups is 2. The molecule has 0 aromatic carbocycles. The summed E-state index contributed by atoms with van der Waals surface area (Å²) in [6.45, 7) is 3.34. The van der Waals surface area contributed by atoms with Gasteiger partial charge in [-0.1, -0.05) is 12.8 Å². The van der Waals surface area contributed by atoms with Crippen LogP contribution in [0.3, 0.4) is 0 Å². The normalized spacial score (nSPS) is 31.2. The van der Waals surface area contributed by atoms with Gasteiger partial charge in [0.2, 0.25) is 5.91 Å². The van der Waals surface area contributed by atoms with E-state index in [1.54, 1.807) is 6.07 Å². The lowest BCUT2D eigenvalue weighted by atomic mass is 9.67. The highest BCUT2D eigenvalue weighted by Crippen LogP contribution is 2.45. The van der Waals surface area contributed by atoms with Crippen LogP contribution in [0.4, 0.5) is 0 Å². The zero-order chi connectivity index (χ0) is 17.4. The first kappa shape index (κ1) is 19.2. The predicted octanol–water partition coefficient (Wildman–Crippen LogP) is 1.42. The lowest BCUT2D eigenvalue weighted by molar-refractivity contribution is -0.146. The number of nitrogens with one attached hydrogen (secondary N) is 2. The molecule has 1 aromatic heterocycles. The van der Waals surface area contributed by atoms with Gasteiger partial charge in [-0.25, -0.2) is 0 Å². The highest BCUT2D eigenvalue weighted by Gasteiger charge is 2.51. The van der Waals surface area contributed by atoms with Crippen LogP contribution in [0.5, 0.6) is 0 Å². The number of aromatic amines is 1. The van der Waals surface area contributed by atoms with Gasteiger partial charge in [0, 0.05) is 31.2 Å². The van der Waals surface area contributed by atoms with Crippen LogP contribution in [0.2, 0.25) is 0 Å². The number of nitrogens with zero attached hydrogens (tertiary/aromatic N) is 2. The molecule has 7 nitrogen and oxygen atoms in total. The lowest BCUT2D eigenvalue weighted by Gasteiger charge is -2.43. The Bertz CT molecular complexity index is 678. The van der Waals surface area contributed by atoms with Gasteiger partial charge >= 0.3 is 0 Å². The highest BCUT2D eigenvalue weighted by atomic mass is 35.5. The summed E-state index contributed by atoms with van der Waals surface area (Å²) in [5.74, 6) is 0.502. The summed E-state index contributed by atoms with van der Waals surface area (Å²) in [6.07, 6.45) is 6.56. The average molecular weight is 382 g/mol. The van der Waals surface area contributed by atoms with Crippen LogP contribution in [0.15, 0.2) is 6.07 Å². The van der Waals surface area contributed by atoms with Gasteiger partial charge in [-0.05, 0) is 44.2 Å². The maximum atomic E-state index is 13.4. The third-order valence-electron chi connectivity index (χ3n) is 6.46. The van der Waals surface area contributed by atoms with Crippen molar-refractivity contribution < 1.29 is 9.59 Å². The number of piperidine rings is 1. The highest BCUT2D eigenvalue weighted by molar-refractivity contribution is 5.90. The Morgan fingerprint density at radius 1 is 1.27 bits per heavy atom. The fourth-order valence-electron chi connectivity index (χ4n) is 5.07. The first-order valence-electron chi connectivity index (χ1n) is 9.45. The molecule has 0 bridgehead atoms. The van der Waals surface area contributed by atoms with Crippen molar-refractivity contribution in [1.29, 1.82) is 0 Å². The van der Waals surface area contributed by atoms with Gasteiger partial charge in [-0.3, -0.25) is 14.7 Å². The maximum absolute atomic E-state index is 13.4. The summed E-state index contributed by atoms with van der Waals surface area (Å²) in [6, 6.07) is 1.74. The van der Waals surface area contributed by atoms with E-state index in [-0.39, 0.29) is 29.4 Å². The molecule has 1 aromatic rings. The van der Waals surface area contributed by atoms with Crippen LogP contribution in [0, 0.1) is 11.3 Å². The van der Waals surface area contributed by atoms with Gasteiger partial charge in [0.05, 0.1) is 5.41 Å². The second-order valence-electron chi connectivity index (χ2n) is 7.89. The molecule has 3 aliphatic rings. The van der Waals surface area contributed by atoms with Gasteiger partial charge in [0.1, 0.15) is 5.69 Å². The number of H-pyrrole nitrogens is 1. The number of fused-ring (bicyclic) bond motifs is 1. The molecule has 3 atom stereocenters. The van der Waals surface area contributed by atoms with Crippen LogP contribution in [-0.2, 0) is 4.79 Å². The molecular formula is C18H28ClN5O2. The SMILES string of the molecule is Cl.NC(=O)c1cc(C2CCCN(C(=O)[C@@]34CCCC[C@H]3CNC4)C2)[nH]n1. The second-order valence-corrected chi connectivity index (χ2v) is 7.89. The minimum atomic E-state index is -0.521. The van der Waals surface area contributed by atoms with E-state index < -0.39 is 5.91 Å². The fourth-order valence-corrected chi connectivity index (χ4v) is 5.07. The van der Waals surface area contributed by atoms with E-state index in [1.165, 1.54) is 12.8 Å². The summed E-state index contributed by atoms with van der Waals surface area (Å²) < 4.78 is 0. The number of hydrogen-bond acceptors (Lipinski definition) is 4. The molecule has 2 aliphatic heterocycles. The third-order valence-corrected chi connectivity index (χ3v) is 6.46. The molecule has 4 N–H and O–H groups in total. The number of primary amides is 1. The fraction of sp³-hybridized carbons (Fsp3) is 0.722. The van der Waals surface area contributed by atoms with E-state index >= 15 is 0 Å². The molecule has 1 unspecified atom stereocenters. The van der Waals surface area contributed by atoms with Crippen molar-refractivity contribution in [3.05, 3.63) is 17.5 Å². The van der Waals surface area contributed by atoms with Gasteiger partial charge in [-0.2, -0.15) is 5.10 Å². The Morgan fingerprint density at radius 3 is 2.88 bits per heavy atom. The quantitative estimate of drug-likeness (QED) is 0.736. The Hall–Kier alpha value is -1.60. The Morgan fingerprint density at radius 2 is 2.12 bits per heavy atom. The van der Waals surface area contributed by atoms with E-state index in [4.69, 9.17) is 5.73 Å². The van der Waals surface area contributed by atoms with Crippen molar-refractivity contribution in [2.45, 2.75) is 44.4 Å². The van der Waals surface area contributed by atoms with Crippen molar-refractivity contribution in [1.82, 2.24) is 20.4 Å². The molecular weight excluding hydrogens is 354 g/mol. The molecule has 2 amide bonds. The number of carbonyl (C=O) groups excluding carboxylic acids is 2. The summed E-state index contributed by atoms with van der Waals surface area (Å²) in [4.78, 5) is 26.8. The number of amides is 2. The topological polar surface area (TPSA) is 104 Å². The predicted molar refractivity (Wildman–Crippen MR) is 100 cm³/mol. The summed E-state index contributed by atoms with van der Waals surface area (Å²) in [7, 11) is 0. The van der Waals surface area contributed by atoms with Crippen molar-refractivity contribution in [2.24, 2.45) is 17.1 Å². The number of rotatable bonds is 3. The minimum absolute atomic E-state index is 0. The van der Waals surface area contributed by atoms with Crippen molar-refractivity contribution in [2.75, 3.05) is 26.2 Å². The van der Waals surface area contributed by atoms with Gasteiger partial charge in [0.15, 0.2) is 0 Å². The smallest absolute Gasteiger partial charge is 0.269 e.